The highest BCUT2D eigenvalue weighted by Gasteiger charge is 2.22. The predicted molar refractivity (Wildman–Crippen MR) is 140 cm³/mol. The van der Waals surface area contributed by atoms with Crippen molar-refractivity contribution in [3.63, 3.8) is 0 Å². The Bertz CT molecular complexity index is 1420. The van der Waals surface area contributed by atoms with Crippen LogP contribution in [0.4, 0.5) is 31.7 Å². The van der Waals surface area contributed by atoms with Crippen LogP contribution in [0.15, 0.2) is 36.7 Å². The van der Waals surface area contributed by atoms with Crippen molar-refractivity contribution in [2.45, 2.75) is 26.8 Å². The third-order valence-electron chi connectivity index (χ3n) is 6.62. The first-order valence-electron chi connectivity index (χ1n) is 12.0. The van der Waals surface area contributed by atoms with Gasteiger partial charge in [-0.3, -0.25) is 0 Å². The van der Waals surface area contributed by atoms with Gasteiger partial charge in [-0.2, -0.15) is 0 Å². The van der Waals surface area contributed by atoms with Crippen LogP contribution in [0, 0.1) is 18.6 Å². The minimum absolute atomic E-state index is 0.00460. The first-order valence-corrected chi connectivity index (χ1v) is 12.0. The monoisotopic (exact) mass is 492 g/mol. The summed E-state index contributed by atoms with van der Waals surface area (Å²) in [5, 5.41) is 3.11. The van der Waals surface area contributed by atoms with Crippen LogP contribution in [-0.2, 0) is 0 Å². The van der Waals surface area contributed by atoms with Gasteiger partial charge in [0.15, 0.2) is 17.5 Å². The molecule has 0 aliphatic carbocycles. The Balaban J connectivity index is 1.54. The zero-order chi connectivity index (χ0) is 25.6. The number of nitrogens with zero attached hydrogens (tertiary/aromatic N) is 6. The van der Waals surface area contributed by atoms with E-state index in [1.807, 2.05) is 37.5 Å². The van der Waals surface area contributed by atoms with Crippen molar-refractivity contribution in [2.75, 3.05) is 49.2 Å². The van der Waals surface area contributed by atoms with Gasteiger partial charge in [-0.25, -0.2) is 23.7 Å². The van der Waals surface area contributed by atoms with Crippen LogP contribution >= 0.6 is 0 Å². The largest absolute Gasteiger partial charge is 0.399 e. The fourth-order valence-electron chi connectivity index (χ4n) is 4.82. The molecule has 36 heavy (non-hydrogen) atoms. The van der Waals surface area contributed by atoms with Gasteiger partial charge < -0.3 is 25.4 Å². The van der Waals surface area contributed by atoms with E-state index in [0.717, 1.165) is 31.9 Å². The standard InChI is InChI=1S/C26H30F2N8/c1-15(2)36-16(3)32-25-19(27)11-17(12-22(25)36)24-23(28)26(31-14-30-24)33-20-13-18(29)5-6-21(20)35-9-7-34(4)8-10-35/h5-6,11-15H,7-10,29H2,1-4H3,(H,30,31,33). The number of nitrogen functional groups attached to an aromatic ring is 1. The molecule has 8 nitrogen and oxygen atoms in total. The molecule has 10 heteroatoms. The van der Waals surface area contributed by atoms with E-state index in [2.05, 4.69) is 37.1 Å². The van der Waals surface area contributed by atoms with E-state index in [4.69, 9.17) is 5.73 Å². The normalized spacial score (nSPS) is 14.7. The number of aryl methyl sites for hydroxylation is 1. The molecule has 1 aliphatic heterocycles. The molecule has 0 spiro atoms. The number of piperazine rings is 1. The highest BCUT2D eigenvalue weighted by atomic mass is 19.1. The highest BCUT2D eigenvalue weighted by Crippen LogP contribution is 2.35. The Labute approximate surface area is 208 Å². The van der Waals surface area contributed by atoms with Gasteiger partial charge in [-0.1, -0.05) is 0 Å². The van der Waals surface area contributed by atoms with E-state index < -0.39 is 11.6 Å². The molecular weight excluding hydrogens is 462 g/mol. The van der Waals surface area contributed by atoms with Crippen molar-refractivity contribution < 1.29 is 8.78 Å². The summed E-state index contributed by atoms with van der Waals surface area (Å²) >= 11 is 0. The summed E-state index contributed by atoms with van der Waals surface area (Å²) < 4.78 is 32.7. The number of hydrogen-bond acceptors (Lipinski definition) is 7. The lowest BCUT2D eigenvalue weighted by Gasteiger charge is -2.35. The van der Waals surface area contributed by atoms with Crippen LogP contribution in [-0.4, -0.2) is 57.6 Å². The van der Waals surface area contributed by atoms with Gasteiger partial charge in [0.2, 0.25) is 0 Å². The number of aromatic nitrogens is 4. The number of hydrogen-bond donors (Lipinski definition) is 2. The number of rotatable bonds is 5. The lowest BCUT2D eigenvalue weighted by Crippen LogP contribution is -2.44. The molecule has 2 aromatic heterocycles. The maximum Gasteiger partial charge on any atom is 0.192 e. The lowest BCUT2D eigenvalue weighted by molar-refractivity contribution is 0.313. The molecule has 0 saturated carbocycles. The number of imidazole rings is 1. The molecule has 3 heterocycles. The van der Waals surface area contributed by atoms with E-state index >= 15 is 8.78 Å². The Morgan fingerprint density at radius 2 is 1.78 bits per heavy atom. The topological polar surface area (TPSA) is 88.1 Å². The summed E-state index contributed by atoms with van der Waals surface area (Å²) in [6.45, 7) is 9.36. The van der Waals surface area contributed by atoms with Crippen LogP contribution < -0.4 is 16.0 Å². The first-order chi connectivity index (χ1) is 17.2. The highest BCUT2D eigenvalue weighted by molar-refractivity contribution is 5.84. The molecule has 4 aromatic rings. The number of halogens is 2. The molecule has 3 N–H and O–H groups in total. The zero-order valence-corrected chi connectivity index (χ0v) is 20.9. The number of nitrogens with one attached hydrogen (secondary N) is 1. The molecule has 0 unspecified atom stereocenters. The van der Waals surface area contributed by atoms with Gasteiger partial charge in [0, 0.05) is 43.5 Å². The summed E-state index contributed by atoms with van der Waals surface area (Å²) in [4.78, 5) is 17.2. The van der Waals surface area contributed by atoms with Crippen molar-refractivity contribution in [1.82, 2.24) is 24.4 Å². The molecule has 0 bridgehead atoms. The molecule has 1 saturated heterocycles. The minimum atomic E-state index is -0.671. The smallest absolute Gasteiger partial charge is 0.192 e. The summed E-state index contributed by atoms with van der Waals surface area (Å²) in [6.07, 6.45) is 1.27. The van der Waals surface area contributed by atoms with Gasteiger partial charge in [-0.15, -0.1) is 0 Å². The molecule has 0 amide bonds. The van der Waals surface area contributed by atoms with E-state index in [1.54, 1.807) is 12.1 Å². The maximum atomic E-state index is 15.8. The quantitative estimate of drug-likeness (QED) is 0.389. The molecule has 1 fully saturated rings. The Morgan fingerprint density at radius 3 is 2.50 bits per heavy atom. The molecule has 188 valence electrons. The van der Waals surface area contributed by atoms with Gasteiger partial charge in [0.1, 0.15) is 23.4 Å². The second kappa shape index (κ2) is 9.34. The summed E-state index contributed by atoms with van der Waals surface area (Å²) in [5.41, 5.74) is 9.36. The Kier molecular flexibility index (Phi) is 6.21. The van der Waals surface area contributed by atoms with Gasteiger partial charge in [0.25, 0.3) is 0 Å². The van der Waals surface area contributed by atoms with Crippen molar-refractivity contribution >= 4 is 33.9 Å². The number of anilines is 4. The lowest BCUT2D eigenvalue weighted by atomic mass is 10.1. The SMILES string of the molecule is Cc1nc2c(F)cc(-c3ncnc(Nc4cc(N)ccc4N4CCN(C)CC4)c3F)cc2n1C(C)C. The van der Waals surface area contributed by atoms with Crippen molar-refractivity contribution in [3.05, 3.63) is 54.1 Å². The number of fused-ring (bicyclic) bond motifs is 1. The Morgan fingerprint density at radius 1 is 1.03 bits per heavy atom. The van der Waals surface area contributed by atoms with Crippen LogP contribution in [0.3, 0.4) is 0 Å². The second-order valence-corrected chi connectivity index (χ2v) is 9.53. The van der Waals surface area contributed by atoms with Gasteiger partial charge in [-0.05, 0) is 58.2 Å². The number of likely N-dealkylation sites (N-methyl/N-ethyl adjacent to an activating group) is 1. The zero-order valence-electron chi connectivity index (χ0n) is 20.9. The molecule has 0 atom stereocenters. The molecular formula is C26H30F2N8. The average molecular weight is 493 g/mol. The molecule has 5 rings (SSSR count). The summed E-state index contributed by atoms with van der Waals surface area (Å²) in [6, 6.07) is 8.59. The Hall–Kier alpha value is -3.79. The van der Waals surface area contributed by atoms with Crippen LogP contribution in [0.2, 0.25) is 0 Å². The van der Waals surface area contributed by atoms with Crippen molar-refractivity contribution in [3.8, 4) is 11.3 Å². The third-order valence-corrected chi connectivity index (χ3v) is 6.62. The van der Waals surface area contributed by atoms with Crippen LogP contribution in [0.1, 0.15) is 25.7 Å². The minimum Gasteiger partial charge on any atom is -0.399 e. The number of benzene rings is 2. The fourth-order valence-corrected chi connectivity index (χ4v) is 4.82. The van der Waals surface area contributed by atoms with E-state index in [0.29, 0.717) is 28.3 Å². The van der Waals surface area contributed by atoms with E-state index in [-0.39, 0.29) is 23.1 Å². The fraction of sp³-hybridized carbons (Fsp3) is 0.346. The van der Waals surface area contributed by atoms with Gasteiger partial charge in [0.05, 0.1) is 16.9 Å². The van der Waals surface area contributed by atoms with E-state index in [9.17, 15) is 0 Å². The molecule has 1 aliphatic rings. The van der Waals surface area contributed by atoms with Crippen molar-refractivity contribution in [2.24, 2.45) is 0 Å². The first kappa shape index (κ1) is 23.9. The molecule has 2 aromatic carbocycles. The maximum absolute atomic E-state index is 15.8. The predicted octanol–water partition coefficient (Wildman–Crippen LogP) is 4.74. The molecule has 0 radical (unpaired) electrons. The van der Waals surface area contributed by atoms with Crippen LogP contribution in [0.25, 0.3) is 22.3 Å². The van der Waals surface area contributed by atoms with Crippen molar-refractivity contribution in [1.29, 1.82) is 0 Å². The van der Waals surface area contributed by atoms with Gasteiger partial charge >= 0.3 is 0 Å². The second-order valence-electron chi connectivity index (χ2n) is 9.53. The summed E-state index contributed by atoms with van der Waals surface area (Å²) in [5.74, 6) is -0.504. The van der Waals surface area contributed by atoms with E-state index in [1.165, 1.54) is 12.4 Å². The number of nitrogens with two attached hydrogens (primary N) is 1. The van der Waals surface area contributed by atoms with Crippen LogP contribution in [0.5, 0.6) is 0 Å². The summed E-state index contributed by atoms with van der Waals surface area (Å²) in [7, 11) is 2.09. The third kappa shape index (κ3) is 4.32. The average Bonchev–Trinajstić information content (AvgIpc) is 3.18.